The van der Waals surface area contributed by atoms with Crippen molar-refractivity contribution in [1.82, 2.24) is 0 Å². The van der Waals surface area contributed by atoms with Crippen molar-refractivity contribution in [2.24, 2.45) is 0 Å². The van der Waals surface area contributed by atoms with Crippen LogP contribution in [0.1, 0.15) is 11.5 Å². The summed E-state index contributed by atoms with van der Waals surface area (Å²) in [6.07, 6.45) is 0.820. The third-order valence-corrected chi connectivity index (χ3v) is 5.99. The smallest absolute Gasteiger partial charge is 0.315 e. The van der Waals surface area contributed by atoms with Crippen molar-refractivity contribution in [2.75, 3.05) is 32.8 Å². The molecule has 0 saturated heterocycles. The van der Waals surface area contributed by atoms with E-state index in [0.29, 0.717) is 5.75 Å². The van der Waals surface area contributed by atoms with Gasteiger partial charge in [0.2, 0.25) is 0 Å². The summed E-state index contributed by atoms with van der Waals surface area (Å²) in [5.74, 6) is -0.387. The number of benzene rings is 1. The molecule has 0 aromatic heterocycles. The molecule has 0 aliphatic heterocycles. The van der Waals surface area contributed by atoms with Crippen molar-refractivity contribution in [3.63, 3.8) is 0 Å². The number of rotatable bonds is 10. The van der Waals surface area contributed by atoms with Crippen LogP contribution >= 0.6 is 23.5 Å². The van der Waals surface area contributed by atoms with E-state index in [-0.39, 0.29) is 28.0 Å². The van der Waals surface area contributed by atoms with Crippen LogP contribution in [-0.4, -0.2) is 55.6 Å². The molecule has 24 heavy (non-hydrogen) atoms. The van der Waals surface area contributed by atoms with Gasteiger partial charge in [0.25, 0.3) is 0 Å². The van der Waals surface area contributed by atoms with Gasteiger partial charge in [-0.2, -0.15) is 0 Å². The summed E-state index contributed by atoms with van der Waals surface area (Å²) in [4.78, 5) is 34.4. The third kappa shape index (κ3) is 6.45. The lowest BCUT2D eigenvalue weighted by atomic mass is 10.0. The monoisotopic (exact) mass is 372 g/mol. The Kier molecular flexibility index (Phi) is 9.33. The third-order valence-electron chi connectivity index (χ3n) is 3.13. The van der Waals surface area contributed by atoms with Gasteiger partial charge in [-0.05, 0) is 17.7 Å². The molecule has 1 aromatic carbocycles. The summed E-state index contributed by atoms with van der Waals surface area (Å²) in [6, 6.07) is 7.11. The Balaban J connectivity index is 2.90. The van der Waals surface area contributed by atoms with Crippen LogP contribution < -0.4 is 4.74 Å². The van der Waals surface area contributed by atoms with E-state index in [2.05, 4.69) is 9.47 Å². The molecule has 1 aromatic rings. The number of esters is 2. The van der Waals surface area contributed by atoms with Gasteiger partial charge in [-0.15, -0.1) is 23.5 Å². The highest BCUT2D eigenvalue weighted by atomic mass is 32.2. The van der Waals surface area contributed by atoms with Gasteiger partial charge < -0.3 is 19.0 Å². The first kappa shape index (κ1) is 20.4. The topological polar surface area (TPSA) is 78.9 Å². The quantitative estimate of drug-likeness (QED) is 0.351. The first-order chi connectivity index (χ1) is 11.5. The van der Waals surface area contributed by atoms with Gasteiger partial charge in [0, 0.05) is 0 Å². The van der Waals surface area contributed by atoms with Gasteiger partial charge in [-0.1, -0.05) is 12.1 Å². The summed E-state index contributed by atoms with van der Waals surface area (Å²) in [5, 5.41) is 0. The number of ether oxygens (including phenoxy) is 3. The first-order valence-corrected chi connectivity index (χ1v) is 9.11. The molecular formula is C16H20O6S2. The Morgan fingerprint density at radius 1 is 1.00 bits per heavy atom. The average Bonchev–Trinajstić information content (AvgIpc) is 2.63. The second-order valence-corrected chi connectivity index (χ2v) is 7.14. The van der Waals surface area contributed by atoms with Gasteiger partial charge in [-0.25, -0.2) is 0 Å². The fourth-order valence-electron chi connectivity index (χ4n) is 1.80. The Morgan fingerprint density at radius 3 is 1.88 bits per heavy atom. The fourth-order valence-corrected chi connectivity index (χ4v) is 4.29. The maximum Gasteiger partial charge on any atom is 0.315 e. The standard InChI is InChI=1S/C16H20O6S2/c1-20-12-6-4-11(5-7-12)13(8-17)16(23-9-14(18)21-2)24-10-15(19)22-3/h4-8,13,16H,9-10H2,1-3H3. The van der Waals surface area contributed by atoms with Gasteiger partial charge in [0.05, 0.1) is 43.3 Å². The molecule has 0 radical (unpaired) electrons. The van der Waals surface area contributed by atoms with Crippen LogP contribution in [0.25, 0.3) is 0 Å². The van der Waals surface area contributed by atoms with E-state index in [1.54, 1.807) is 31.4 Å². The van der Waals surface area contributed by atoms with Crippen molar-refractivity contribution >= 4 is 41.7 Å². The highest BCUT2D eigenvalue weighted by molar-refractivity contribution is 8.17. The SMILES string of the molecule is COC(=O)CSC(SCC(=O)OC)C(C=O)c1ccc(OC)cc1. The Hall–Kier alpha value is -1.67. The number of aldehydes is 1. The van der Waals surface area contributed by atoms with Crippen LogP contribution in [-0.2, 0) is 23.9 Å². The second-order valence-electron chi connectivity index (χ2n) is 4.58. The number of carbonyl (C=O) groups is 3. The van der Waals surface area contributed by atoms with Gasteiger partial charge in [-0.3, -0.25) is 9.59 Å². The molecule has 0 amide bonds. The van der Waals surface area contributed by atoms with Gasteiger partial charge in [0.15, 0.2) is 0 Å². The molecule has 0 heterocycles. The lowest BCUT2D eigenvalue weighted by Crippen LogP contribution is -2.19. The molecule has 1 unspecified atom stereocenters. The lowest BCUT2D eigenvalue weighted by Gasteiger charge is -2.22. The zero-order chi connectivity index (χ0) is 17.9. The van der Waals surface area contributed by atoms with Crippen molar-refractivity contribution in [3.05, 3.63) is 29.8 Å². The molecule has 8 heteroatoms. The summed E-state index contributed by atoms with van der Waals surface area (Å²) in [7, 11) is 4.17. The predicted octanol–water partition coefficient (Wildman–Crippen LogP) is 2.12. The number of carbonyl (C=O) groups excluding carboxylic acids is 3. The Labute approximate surface area is 149 Å². The molecule has 6 nitrogen and oxygen atoms in total. The normalized spacial score (nSPS) is 11.7. The Morgan fingerprint density at radius 2 is 1.50 bits per heavy atom. The van der Waals surface area contributed by atoms with Crippen molar-refractivity contribution in [1.29, 1.82) is 0 Å². The summed E-state index contributed by atoms with van der Waals surface area (Å²) in [6.45, 7) is 0. The van der Waals surface area contributed by atoms with E-state index in [1.165, 1.54) is 37.7 Å². The Bertz CT molecular complexity index is 526. The lowest BCUT2D eigenvalue weighted by molar-refractivity contribution is -0.138. The number of methoxy groups -OCH3 is 3. The van der Waals surface area contributed by atoms with E-state index in [4.69, 9.17) is 4.74 Å². The second kappa shape index (κ2) is 11.0. The largest absolute Gasteiger partial charge is 0.497 e. The van der Waals surface area contributed by atoms with Crippen molar-refractivity contribution < 1.29 is 28.6 Å². The predicted molar refractivity (Wildman–Crippen MR) is 94.5 cm³/mol. The summed E-state index contributed by atoms with van der Waals surface area (Å²) < 4.78 is 14.0. The van der Waals surface area contributed by atoms with Crippen LogP contribution in [0.4, 0.5) is 0 Å². The average molecular weight is 372 g/mol. The maximum atomic E-state index is 11.6. The van der Waals surface area contributed by atoms with E-state index < -0.39 is 5.92 Å². The van der Waals surface area contributed by atoms with E-state index in [1.807, 2.05) is 0 Å². The summed E-state index contributed by atoms with van der Waals surface area (Å²) in [5.41, 5.74) is 0.783. The molecule has 0 spiro atoms. The molecule has 0 N–H and O–H groups in total. The molecule has 132 valence electrons. The van der Waals surface area contributed by atoms with Crippen molar-refractivity contribution in [3.8, 4) is 5.75 Å². The minimum Gasteiger partial charge on any atom is -0.497 e. The molecule has 0 saturated carbocycles. The molecule has 1 atom stereocenters. The van der Waals surface area contributed by atoms with E-state index in [0.717, 1.165) is 11.8 Å². The molecular weight excluding hydrogens is 352 g/mol. The highest BCUT2D eigenvalue weighted by Crippen LogP contribution is 2.36. The number of hydrogen-bond acceptors (Lipinski definition) is 8. The van der Waals surface area contributed by atoms with E-state index >= 15 is 0 Å². The zero-order valence-electron chi connectivity index (χ0n) is 13.7. The molecule has 0 fully saturated rings. The van der Waals surface area contributed by atoms with Crippen LogP contribution in [0.3, 0.4) is 0 Å². The van der Waals surface area contributed by atoms with Gasteiger partial charge in [0.1, 0.15) is 12.0 Å². The van der Waals surface area contributed by atoms with Crippen molar-refractivity contribution in [2.45, 2.75) is 10.5 Å². The van der Waals surface area contributed by atoms with Crippen LogP contribution in [0, 0.1) is 0 Å². The number of hydrogen-bond donors (Lipinski definition) is 0. The molecule has 0 bridgehead atoms. The fraction of sp³-hybridized carbons (Fsp3) is 0.438. The van der Waals surface area contributed by atoms with Gasteiger partial charge >= 0.3 is 11.9 Å². The van der Waals surface area contributed by atoms with Crippen LogP contribution in [0.15, 0.2) is 24.3 Å². The molecule has 1 rings (SSSR count). The zero-order valence-corrected chi connectivity index (χ0v) is 15.4. The van der Waals surface area contributed by atoms with E-state index in [9.17, 15) is 14.4 Å². The summed E-state index contributed by atoms with van der Waals surface area (Å²) >= 11 is 2.52. The number of thioether (sulfide) groups is 2. The first-order valence-electron chi connectivity index (χ1n) is 7.01. The molecule has 0 aliphatic carbocycles. The highest BCUT2D eigenvalue weighted by Gasteiger charge is 2.26. The van der Waals surface area contributed by atoms with Crippen LogP contribution in [0.2, 0.25) is 0 Å². The van der Waals surface area contributed by atoms with Crippen LogP contribution in [0.5, 0.6) is 5.75 Å². The minimum absolute atomic E-state index is 0.0931. The molecule has 0 aliphatic rings. The maximum absolute atomic E-state index is 11.6. The minimum atomic E-state index is -0.486.